The number of rotatable bonds is 8. The highest BCUT2D eigenvalue weighted by atomic mass is 32.2. The molecule has 0 saturated carbocycles. The maximum Gasteiger partial charge on any atom is 0.226 e. The first-order valence-electron chi connectivity index (χ1n) is 12.7. The Morgan fingerprint density at radius 1 is 1.15 bits per heavy atom. The predicted octanol–water partition coefficient (Wildman–Crippen LogP) is 6.44. The number of halogens is 1. The van der Waals surface area contributed by atoms with Crippen molar-refractivity contribution < 1.29 is 23.0 Å². The molecule has 2 aromatic carbocycles. The summed E-state index contributed by atoms with van der Waals surface area (Å²) >= 11 is 1.35. The Balaban J connectivity index is 1.32. The number of aryl methyl sites for hydroxylation is 1. The van der Waals surface area contributed by atoms with Crippen molar-refractivity contribution in [2.24, 2.45) is 0 Å². The van der Waals surface area contributed by atoms with Crippen molar-refractivity contribution >= 4 is 17.6 Å². The van der Waals surface area contributed by atoms with Gasteiger partial charge in [-0.15, -0.1) is 0 Å². The van der Waals surface area contributed by atoms with E-state index >= 15 is 0 Å². The summed E-state index contributed by atoms with van der Waals surface area (Å²) in [6, 6.07) is 14.5. The van der Waals surface area contributed by atoms with E-state index in [0.717, 1.165) is 16.7 Å². The maximum absolute atomic E-state index is 13.6. The van der Waals surface area contributed by atoms with Crippen LogP contribution in [0.4, 0.5) is 10.2 Å². The summed E-state index contributed by atoms with van der Waals surface area (Å²) in [5.74, 6) is 0.952. The quantitative estimate of drug-likeness (QED) is 0.243. The molecule has 40 heavy (non-hydrogen) atoms. The third-order valence-electron chi connectivity index (χ3n) is 6.52. The number of ether oxygens (including phenoxy) is 3. The first kappa shape index (κ1) is 27.6. The van der Waals surface area contributed by atoms with Crippen LogP contribution in [-0.2, 0) is 15.2 Å². The van der Waals surface area contributed by atoms with Crippen LogP contribution < -0.4 is 10.5 Å². The van der Waals surface area contributed by atoms with E-state index in [2.05, 4.69) is 16.0 Å². The SMILES string of the molecule is Cc1cc(-c2nc(CSc3nc(N)c(C)c(-c4ccc(OC[C@@H]5COC(C)(C)O5)cc4)c3C#N)co2)ccc1F. The van der Waals surface area contributed by atoms with Crippen molar-refractivity contribution in [2.45, 2.75) is 50.4 Å². The van der Waals surface area contributed by atoms with Gasteiger partial charge >= 0.3 is 0 Å². The summed E-state index contributed by atoms with van der Waals surface area (Å²) < 4.78 is 36.5. The van der Waals surface area contributed by atoms with Crippen molar-refractivity contribution in [3.63, 3.8) is 0 Å². The summed E-state index contributed by atoms with van der Waals surface area (Å²) in [6.07, 6.45) is 1.41. The van der Waals surface area contributed by atoms with Crippen LogP contribution in [0.3, 0.4) is 0 Å². The zero-order valence-corrected chi connectivity index (χ0v) is 23.5. The van der Waals surface area contributed by atoms with E-state index in [-0.39, 0.29) is 11.9 Å². The third-order valence-corrected chi connectivity index (χ3v) is 7.53. The minimum Gasteiger partial charge on any atom is -0.491 e. The molecule has 1 saturated heterocycles. The van der Waals surface area contributed by atoms with Gasteiger partial charge in [0.25, 0.3) is 0 Å². The van der Waals surface area contributed by atoms with Crippen LogP contribution in [0, 0.1) is 31.0 Å². The van der Waals surface area contributed by atoms with Gasteiger partial charge in [-0.25, -0.2) is 14.4 Å². The Kier molecular flexibility index (Phi) is 7.81. The fourth-order valence-electron chi connectivity index (χ4n) is 4.42. The Morgan fingerprint density at radius 2 is 1.90 bits per heavy atom. The Bertz CT molecular complexity index is 1580. The van der Waals surface area contributed by atoms with Crippen molar-refractivity contribution in [1.82, 2.24) is 9.97 Å². The Hall–Kier alpha value is -3.91. The number of oxazole rings is 1. The number of hydrogen-bond donors (Lipinski definition) is 1. The predicted molar refractivity (Wildman–Crippen MR) is 150 cm³/mol. The van der Waals surface area contributed by atoms with E-state index in [9.17, 15) is 9.65 Å². The lowest BCUT2D eigenvalue weighted by Gasteiger charge is -2.17. The molecule has 5 rings (SSSR count). The lowest BCUT2D eigenvalue weighted by molar-refractivity contribution is -0.141. The first-order chi connectivity index (χ1) is 19.1. The molecule has 206 valence electrons. The summed E-state index contributed by atoms with van der Waals surface area (Å²) in [5.41, 5.74) is 10.8. The highest BCUT2D eigenvalue weighted by Crippen LogP contribution is 2.37. The number of nitrogen functional groups attached to an aromatic ring is 1. The average Bonchev–Trinajstić information content (AvgIpc) is 3.55. The van der Waals surface area contributed by atoms with Crippen LogP contribution in [-0.4, -0.2) is 35.1 Å². The van der Waals surface area contributed by atoms with Crippen molar-refractivity contribution in [1.29, 1.82) is 5.26 Å². The minimum absolute atomic E-state index is 0.137. The van der Waals surface area contributed by atoms with Gasteiger partial charge in [-0.05, 0) is 69.2 Å². The van der Waals surface area contributed by atoms with Crippen LogP contribution in [0.15, 0.2) is 58.2 Å². The Morgan fingerprint density at radius 3 is 2.58 bits per heavy atom. The smallest absolute Gasteiger partial charge is 0.226 e. The molecule has 8 nitrogen and oxygen atoms in total. The van der Waals surface area contributed by atoms with Gasteiger partial charge in [0.1, 0.15) is 47.5 Å². The maximum atomic E-state index is 13.6. The van der Waals surface area contributed by atoms with Gasteiger partial charge < -0.3 is 24.4 Å². The summed E-state index contributed by atoms with van der Waals surface area (Å²) in [6.45, 7) is 8.15. The monoisotopic (exact) mass is 560 g/mol. The number of hydrogen-bond acceptors (Lipinski definition) is 9. The molecule has 0 unspecified atom stereocenters. The average molecular weight is 561 g/mol. The molecule has 2 N–H and O–H groups in total. The van der Waals surface area contributed by atoms with E-state index in [1.807, 2.05) is 45.0 Å². The second kappa shape index (κ2) is 11.3. The van der Waals surface area contributed by atoms with Gasteiger partial charge in [0, 0.05) is 22.4 Å². The fraction of sp³-hybridized carbons (Fsp3) is 0.300. The zero-order valence-electron chi connectivity index (χ0n) is 22.7. The molecule has 1 fully saturated rings. The van der Waals surface area contributed by atoms with E-state index in [4.69, 9.17) is 24.4 Å². The molecule has 4 aromatic rings. The molecular formula is C30H29FN4O4S. The van der Waals surface area contributed by atoms with Crippen LogP contribution in [0.2, 0.25) is 0 Å². The topological polar surface area (TPSA) is 116 Å². The molecule has 0 spiro atoms. The van der Waals surface area contributed by atoms with Gasteiger partial charge in [-0.1, -0.05) is 23.9 Å². The fourth-order valence-corrected chi connectivity index (χ4v) is 5.29. The highest BCUT2D eigenvalue weighted by Gasteiger charge is 2.33. The number of nitriles is 1. The van der Waals surface area contributed by atoms with Gasteiger partial charge in [0.2, 0.25) is 5.89 Å². The summed E-state index contributed by atoms with van der Waals surface area (Å²) in [7, 11) is 0. The minimum atomic E-state index is -0.599. The first-order valence-corrected chi connectivity index (χ1v) is 13.7. The molecule has 0 amide bonds. The van der Waals surface area contributed by atoms with E-state index < -0.39 is 5.79 Å². The van der Waals surface area contributed by atoms with Crippen LogP contribution >= 0.6 is 11.8 Å². The molecule has 1 aliphatic rings. The molecule has 0 radical (unpaired) electrons. The second-order valence-electron chi connectivity index (χ2n) is 9.97. The van der Waals surface area contributed by atoms with Crippen LogP contribution in [0.1, 0.15) is 36.2 Å². The van der Waals surface area contributed by atoms with Gasteiger partial charge in [0.05, 0.1) is 17.9 Å². The molecule has 1 atom stereocenters. The summed E-state index contributed by atoms with van der Waals surface area (Å²) in [5, 5.41) is 10.6. The number of thioether (sulfide) groups is 1. The van der Waals surface area contributed by atoms with Crippen molar-refractivity contribution in [3.05, 3.63) is 76.9 Å². The molecule has 1 aliphatic heterocycles. The molecule has 0 aliphatic carbocycles. The van der Waals surface area contributed by atoms with E-state index in [1.54, 1.807) is 25.3 Å². The van der Waals surface area contributed by atoms with Crippen molar-refractivity contribution in [3.8, 4) is 34.4 Å². The molecule has 2 aromatic heterocycles. The van der Waals surface area contributed by atoms with Gasteiger partial charge in [0.15, 0.2) is 5.79 Å². The highest BCUT2D eigenvalue weighted by molar-refractivity contribution is 7.98. The molecular weight excluding hydrogens is 531 g/mol. The van der Waals surface area contributed by atoms with E-state index in [1.165, 1.54) is 17.8 Å². The molecule has 3 heterocycles. The van der Waals surface area contributed by atoms with Crippen LogP contribution in [0.25, 0.3) is 22.6 Å². The summed E-state index contributed by atoms with van der Waals surface area (Å²) in [4.78, 5) is 9.02. The lowest BCUT2D eigenvalue weighted by Crippen LogP contribution is -2.25. The number of anilines is 1. The zero-order chi connectivity index (χ0) is 28.4. The normalized spacial score (nSPS) is 16.1. The number of benzene rings is 2. The lowest BCUT2D eigenvalue weighted by atomic mass is 9.97. The number of aromatic nitrogens is 2. The van der Waals surface area contributed by atoms with Gasteiger partial charge in [-0.2, -0.15) is 5.26 Å². The standard InChI is InChI=1S/C30H29FN4O4S/c1-17-11-20(7-10-25(17)31)28-34-21(13-37-28)16-40-29-24(12-32)26(18(2)27(33)35-29)19-5-8-22(9-6-19)36-14-23-15-38-30(3,4)39-23/h5-11,13,23H,14-16H2,1-4H3,(H2,33,35)/t23-/m1/s1. The largest absolute Gasteiger partial charge is 0.491 e. The number of pyridine rings is 1. The number of nitrogens with two attached hydrogens (primary N) is 1. The Labute approximate surface area is 236 Å². The second-order valence-corrected chi connectivity index (χ2v) is 10.9. The van der Waals surface area contributed by atoms with Crippen LogP contribution in [0.5, 0.6) is 5.75 Å². The van der Waals surface area contributed by atoms with E-state index in [0.29, 0.717) is 63.8 Å². The number of nitrogens with zero attached hydrogens (tertiary/aromatic N) is 3. The third kappa shape index (κ3) is 5.97. The molecule has 0 bridgehead atoms. The van der Waals surface area contributed by atoms with Gasteiger partial charge in [-0.3, -0.25) is 0 Å². The molecule has 10 heteroatoms. The van der Waals surface area contributed by atoms with Crippen molar-refractivity contribution in [2.75, 3.05) is 18.9 Å².